The van der Waals surface area contributed by atoms with E-state index in [9.17, 15) is 24.9 Å². The summed E-state index contributed by atoms with van der Waals surface area (Å²) in [6, 6.07) is 3.70. The van der Waals surface area contributed by atoms with Crippen molar-refractivity contribution in [3.8, 4) is 11.5 Å². The lowest BCUT2D eigenvalue weighted by Gasteiger charge is -2.42. The highest BCUT2D eigenvalue weighted by atomic mass is 16.7. The van der Waals surface area contributed by atoms with Gasteiger partial charge >= 0.3 is 5.97 Å². The van der Waals surface area contributed by atoms with Gasteiger partial charge in [0.15, 0.2) is 11.5 Å². The maximum absolute atomic E-state index is 11.5. The van der Waals surface area contributed by atoms with Crippen LogP contribution in [0.2, 0.25) is 0 Å². The highest BCUT2D eigenvalue weighted by molar-refractivity contribution is 5.87. The first-order valence-electron chi connectivity index (χ1n) is 8.81. The van der Waals surface area contributed by atoms with Crippen molar-refractivity contribution in [3.63, 3.8) is 0 Å². The van der Waals surface area contributed by atoms with Gasteiger partial charge in [0.1, 0.15) is 24.4 Å². The molecule has 1 saturated heterocycles. The van der Waals surface area contributed by atoms with Crippen LogP contribution >= 0.6 is 0 Å². The summed E-state index contributed by atoms with van der Waals surface area (Å²) >= 11 is 0. The fraction of sp³-hybridized carbons (Fsp3) is 0.474. The van der Waals surface area contributed by atoms with Crippen LogP contribution in [-0.2, 0) is 19.1 Å². The number of aliphatic hydroxyl groups excluding tert-OH is 3. The molecule has 0 saturated carbocycles. The molecule has 1 aliphatic heterocycles. The van der Waals surface area contributed by atoms with Crippen molar-refractivity contribution in [2.45, 2.75) is 37.6 Å². The molecule has 0 spiro atoms. The quantitative estimate of drug-likeness (QED) is 0.335. The smallest absolute Gasteiger partial charge is 0.330 e. The third-order valence-electron chi connectivity index (χ3n) is 4.29. The van der Waals surface area contributed by atoms with E-state index in [2.05, 4.69) is 10.1 Å². The zero-order valence-corrected chi connectivity index (χ0v) is 16.3. The van der Waals surface area contributed by atoms with Gasteiger partial charge in [-0.15, -0.1) is 0 Å². The third-order valence-corrected chi connectivity index (χ3v) is 4.29. The van der Waals surface area contributed by atoms with Crippen LogP contribution in [0.5, 0.6) is 11.5 Å². The number of aliphatic hydroxyl groups is 3. The number of ether oxygens (including phenoxy) is 4. The van der Waals surface area contributed by atoms with E-state index in [1.54, 1.807) is 18.2 Å². The number of amides is 1. The van der Waals surface area contributed by atoms with Crippen LogP contribution in [0.1, 0.15) is 12.5 Å². The maximum Gasteiger partial charge on any atom is 0.330 e. The number of benzene rings is 1. The SMILES string of the molecule is COC(=O)/C=C/c1ccc(OC2OC(CO)C(O)C(O)C2NC(C)=O)c(OC)c1. The van der Waals surface area contributed by atoms with E-state index >= 15 is 0 Å². The molecule has 1 fully saturated rings. The largest absolute Gasteiger partial charge is 0.493 e. The molecule has 5 atom stereocenters. The van der Waals surface area contributed by atoms with Gasteiger partial charge in [-0.3, -0.25) is 4.79 Å². The minimum atomic E-state index is -1.43. The Morgan fingerprint density at radius 2 is 1.93 bits per heavy atom. The molecule has 10 heteroatoms. The van der Waals surface area contributed by atoms with Gasteiger partial charge in [0.2, 0.25) is 12.2 Å². The molecule has 160 valence electrons. The number of methoxy groups -OCH3 is 2. The lowest BCUT2D eigenvalue weighted by molar-refractivity contribution is -0.244. The van der Waals surface area contributed by atoms with E-state index in [1.807, 2.05) is 0 Å². The fourth-order valence-corrected chi connectivity index (χ4v) is 2.81. The summed E-state index contributed by atoms with van der Waals surface area (Å²) in [4.78, 5) is 22.7. The molecule has 0 bridgehead atoms. The average Bonchev–Trinajstić information content (AvgIpc) is 2.71. The summed E-state index contributed by atoms with van der Waals surface area (Å²) in [5.41, 5.74) is 0.631. The molecular formula is C19H25NO9. The molecule has 10 nitrogen and oxygen atoms in total. The van der Waals surface area contributed by atoms with E-state index in [0.29, 0.717) is 11.3 Å². The molecule has 0 aliphatic carbocycles. The summed E-state index contributed by atoms with van der Waals surface area (Å²) in [6.07, 6.45) is -2.38. The van der Waals surface area contributed by atoms with Gasteiger partial charge < -0.3 is 39.6 Å². The Hall–Kier alpha value is -2.66. The van der Waals surface area contributed by atoms with Crippen molar-refractivity contribution in [2.24, 2.45) is 0 Å². The summed E-state index contributed by atoms with van der Waals surface area (Å²) in [6.45, 7) is 0.691. The zero-order chi connectivity index (χ0) is 21.6. The van der Waals surface area contributed by atoms with Crippen LogP contribution in [0, 0.1) is 0 Å². The number of carbonyl (C=O) groups excluding carboxylic acids is 2. The normalized spacial score (nSPS) is 26.8. The van der Waals surface area contributed by atoms with Crippen LogP contribution in [0.15, 0.2) is 24.3 Å². The summed E-state index contributed by atoms with van der Waals surface area (Å²) in [5.74, 6) is -0.455. The lowest BCUT2D eigenvalue weighted by Crippen LogP contribution is -2.65. The molecule has 0 aromatic heterocycles. The number of esters is 1. The van der Waals surface area contributed by atoms with Crippen molar-refractivity contribution in [1.82, 2.24) is 5.32 Å². The molecule has 1 heterocycles. The lowest BCUT2D eigenvalue weighted by atomic mass is 9.97. The van der Waals surface area contributed by atoms with Gasteiger partial charge in [0.25, 0.3) is 0 Å². The van der Waals surface area contributed by atoms with Gasteiger partial charge in [-0.25, -0.2) is 4.79 Å². The van der Waals surface area contributed by atoms with Crippen molar-refractivity contribution in [1.29, 1.82) is 0 Å². The van der Waals surface area contributed by atoms with Gasteiger partial charge in [-0.1, -0.05) is 6.07 Å². The molecular weight excluding hydrogens is 386 g/mol. The Balaban J connectivity index is 2.27. The molecule has 0 radical (unpaired) electrons. The molecule has 1 amide bonds. The Bertz CT molecular complexity index is 751. The van der Waals surface area contributed by atoms with Gasteiger partial charge in [-0.2, -0.15) is 0 Å². The second kappa shape index (κ2) is 10.2. The van der Waals surface area contributed by atoms with Crippen molar-refractivity contribution in [3.05, 3.63) is 29.8 Å². The first kappa shape index (κ1) is 22.6. The summed E-state index contributed by atoms with van der Waals surface area (Å²) in [5, 5.41) is 32.3. The minimum absolute atomic E-state index is 0.225. The van der Waals surface area contributed by atoms with Crippen molar-refractivity contribution < 1.29 is 43.9 Å². The zero-order valence-electron chi connectivity index (χ0n) is 16.3. The second-order valence-electron chi connectivity index (χ2n) is 6.32. The third kappa shape index (κ3) is 5.67. The average molecular weight is 411 g/mol. The summed E-state index contributed by atoms with van der Waals surface area (Å²) < 4.78 is 21.2. The molecule has 2 rings (SSSR count). The van der Waals surface area contributed by atoms with Crippen molar-refractivity contribution >= 4 is 18.0 Å². The Kier molecular flexibility index (Phi) is 7.97. The molecule has 29 heavy (non-hydrogen) atoms. The highest BCUT2D eigenvalue weighted by Crippen LogP contribution is 2.32. The molecule has 1 aromatic rings. The van der Waals surface area contributed by atoms with Crippen LogP contribution in [0.4, 0.5) is 0 Å². The molecule has 1 aromatic carbocycles. The van der Waals surface area contributed by atoms with E-state index in [-0.39, 0.29) is 5.75 Å². The van der Waals surface area contributed by atoms with E-state index < -0.39 is 49.1 Å². The van der Waals surface area contributed by atoms with E-state index in [0.717, 1.165) is 0 Å². The summed E-state index contributed by atoms with van der Waals surface area (Å²) in [7, 11) is 2.68. The van der Waals surface area contributed by atoms with Gasteiger partial charge in [-0.05, 0) is 23.8 Å². The maximum atomic E-state index is 11.5. The molecule has 5 unspecified atom stereocenters. The predicted molar refractivity (Wildman–Crippen MR) is 100 cm³/mol. The van der Waals surface area contributed by atoms with Gasteiger partial charge in [0, 0.05) is 13.0 Å². The first-order valence-corrected chi connectivity index (χ1v) is 8.81. The number of hydrogen-bond acceptors (Lipinski definition) is 9. The Labute approximate surface area is 167 Å². The van der Waals surface area contributed by atoms with Gasteiger partial charge in [0.05, 0.1) is 20.8 Å². The number of rotatable bonds is 7. The van der Waals surface area contributed by atoms with Crippen LogP contribution in [-0.4, -0.2) is 78.7 Å². The minimum Gasteiger partial charge on any atom is -0.493 e. The fourth-order valence-electron chi connectivity index (χ4n) is 2.81. The second-order valence-corrected chi connectivity index (χ2v) is 6.32. The number of hydrogen-bond donors (Lipinski definition) is 4. The number of nitrogens with one attached hydrogen (secondary N) is 1. The molecule has 4 N–H and O–H groups in total. The Morgan fingerprint density at radius 3 is 2.52 bits per heavy atom. The van der Waals surface area contributed by atoms with E-state index in [1.165, 1.54) is 33.3 Å². The highest BCUT2D eigenvalue weighted by Gasteiger charge is 2.46. The molecule has 1 aliphatic rings. The van der Waals surface area contributed by atoms with Crippen LogP contribution in [0.25, 0.3) is 6.08 Å². The monoisotopic (exact) mass is 411 g/mol. The standard InChI is InChI=1S/C19H25NO9/c1-10(22)20-16-18(25)17(24)14(9-21)29-19(16)28-12-6-4-11(8-13(12)26-2)5-7-15(23)27-3/h4-8,14,16-19,21,24-25H,9H2,1-3H3,(H,20,22)/b7-5+. The Morgan fingerprint density at radius 1 is 1.21 bits per heavy atom. The topological polar surface area (TPSA) is 144 Å². The van der Waals surface area contributed by atoms with Crippen LogP contribution in [0.3, 0.4) is 0 Å². The van der Waals surface area contributed by atoms with Crippen LogP contribution < -0.4 is 14.8 Å². The number of carbonyl (C=O) groups is 2. The van der Waals surface area contributed by atoms with E-state index in [4.69, 9.17) is 14.2 Å². The predicted octanol–water partition coefficient (Wildman–Crippen LogP) is -0.796. The first-order chi connectivity index (χ1) is 13.8. The van der Waals surface area contributed by atoms with Crippen molar-refractivity contribution in [2.75, 3.05) is 20.8 Å².